The molecule has 6 nitrogen and oxygen atoms in total. The van der Waals surface area contributed by atoms with Crippen LogP contribution in [0.25, 0.3) is 11.4 Å². The Labute approximate surface area is 204 Å². The average molecular weight is 473 g/mol. The third kappa shape index (κ3) is 5.31. The normalized spacial score (nSPS) is 11.9. The van der Waals surface area contributed by atoms with Gasteiger partial charge in [0, 0.05) is 12.1 Å². The largest absolute Gasteiger partial charge is 0.497 e. The molecule has 4 rings (SSSR count). The van der Waals surface area contributed by atoms with Gasteiger partial charge in [-0.1, -0.05) is 72.4 Å². The summed E-state index contributed by atoms with van der Waals surface area (Å²) < 4.78 is 7.28. The summed E-state index contributed by atoms with van der Waals surface area (Å²) in [7, 11) is 1.64. The third-order valence-electron chi connectivity index (χ3n) is 5.59. The Morgan fingerprint density at radius 3 is 2.06 bits per heavy atom. The highest BCUT2D eigenvalue weighted by molar-refractivity contribution is 8.00. The molecular weight excluding hydrogens is 444 g/mol. The number of amides is 1. The Kier molecular flexibility index (Phi) is 7.65. The van der Waals surface area contributed by atoms with Crippen molar-refractivity contribution < 1.29 is 9.53 Å². The second-order valence-corrected chi connectivity index (χ2v) is 9.11. The standard InChI is InChI=1S/C27H28N4O2S/c1-4-31-25(22-15-17-23(33-3)18-16-22)29-30-27(31)34-19(2)26(32)28-24(20-11-7-5-8-12-20)21-13-9-6-10-14-21/h5-19,24H,4H2,1-3H3,(H,28,32). The van der Waals surface area contributed by atoms with Crippen LogP contribution in [0, 0.1) is 0 Å². The van der Waals surface area contributed by atoms with E-state index in [1.807, 2.05) is 103 Å². The van der Waals surface area contributed by atoms with Gasteiger partial charge in [0.2, 0.25) is 5.91 Å². The number of rotatable bonds is 9. The van der Waals surface area contributed by atoms with Crippen molar-refractivity contribution >= 4 is 17.7 Å². The van der Waals surface area contributed by atoms with Gasteiger partial charge in [-0.2, -0.15) is 0 Å². The van der Waals surface area contributed by atoms with E-state index in [-0.39, 0.29) is 17.2 Å². The second-order valence-electron chi connectivity index (χ2n) is 7.80. The maximum absolute atomic E-state index is 13.2. The van der Waals surface area contributed by atoms with E-state index in [4.69, 9.17) is 4.74 Å². The molecular formula is C27H28N4O2S. The lowest BCUT2D eigenvalue weighted by atomic mass is 9.98. The molecule has 0 saturated carbocycles. The van der Waals surface area contributed by atoms with E-state index in [2.05, 4.69) is 15.5 Å². The SMILES string of the molecule is CCn1c(SC(C)C(=O)NC(c2ccccc2)c2ccccc2)nnc1-c1ccc(OC)cc1. The smallest absolute Gasteiger partial charge is 0.234 e. The molecule has 1 aromatic heterocycles. The number of hydrogen-bond acceptors (Lipinski definition) is 5. The minimum Gasteiger partial charge on any atom is -0.497 e. The van der Waals surface area contributed by atoms with Crippen molar-refractivity contribution in [3.8, 4) is 17.1 Å². The first-order valence-corrected chi connectivity index (χ1v) is 12.1. The second kappa shape index (κ2) is 11.0. The van der Waals surface area contributed by atoms with Crippen molar-refractivity contribution in [3.63, 3.8) is 0 Å². The molecule has 0 fully saturated rings. The van der Waals surface area contributed by atoms with Crippen LogP contribution in [0.3, 0.4) is 0 Å². The van der Waals surface area contributed by atoms with Crippen molar-refractivity contribution in [2.24, 2.45) is 0 Å². The Balaban J connectivity index is 1.52. The molecule has 0 saturated heterocycles. The van der Waals surface area contributed by atoms with Crippen LogP contribution < -0.4 is 10.1 Å². The molecule has 0 aliphatic heterocycles. The molecule has 0 spiro atoms. The minimum absolute atomic E-state index is 0.0562. The number of ether oxygens (including phenoxy) is 1. The molecule has 174 valence electrons. The monoisotopic (exact) mass is 472 g/mol. The minimum atomic E-state index is -0.354. The number of methoxy groups -OCH3 is 1. The quantitative estimate of drug-likeness (QED) is 0.332. The summed E-state index contributed by atoms with van der Waals surface area (Å²) in [6, 6.07) is 27.5. The Morgan fingerprint density at radius 2 is 1.53 bits per heavy atom. The summed E-state index contributed by atoms with van der Waals surface area (Å²) >= 11 is 1.41. The maximum Gasteiger partial charge on any atom is 0.234 e. The van der Waals surface area contributed by atoms with Gasteiger partial charge in [0.25, 0.3) is 0 Å². The summed E-state index contributed by atoms with van der Waals surface area (Å²) in [6.45, 7) is 4.64. The van der Waals surface area contributed by atoms with E-state index in [1.54, 1.807) is 7.11 Å². The van der Waals surface area contributed by atoms with E-state index < -0.39 is 0 Å². The number of nitrogens with one attached hydrogen (secondary N) is 1. The van der Waals surface area contributed by atoms with Crippen LogP contribution in [0.15, 0.2) is 90.1 Å². The molecule has 7 heteroatoms. The van der Waals surface area contributed by atoms with Crippen molar-refractivity contribution in [2.45, 2.75) is 36.8 Å². The highest BCUT2D eigenvalue weighted by atomic mass is 32.2. The molecule has 0 bridgehead atoms. The summed E-state index contributed by atoms with van der Waals surface area (Å²) in [5, 5.41) is 12.4. The zero-order valence-corrected chi connectivity index (χ0v) is 20.3. The van der Waals surface area contributed by atoms with Crippen LogP contribution >= 0.6 is 11.8 Å². The summed E-state index contributed by atoms with van der Waals surface area (Å²) in [5.41, 5.74) is 3.03. The van der Waals surface area contributed by atoms with E-state index >= 15 is 0 Å². The number of carbonyl (C=O) groups excluding carboxylic acids is 1. The summed E-state index contributed by atoms with van der Waals surface area (Å²) in [6.07, 6.45) is 0. The maximum atomic E-state index is 13.2. The third-order valence-corrected chi connectivity index (χ3v) is 6.67. The molecule has 1 N–H and O–H groups in total. The van der Waals surface area contributed by atoms with Gasteiger partial charge in [0.1, 0.15) is 5.75 Å². The van der Waals surface area contributed by atoms with Crippen molar-refractivity contribution in [1.29, 1.82) is 0 Å². The van der Waals surface area contributed by atoms with Crippen molar-refractivity contribution in [3.05, 3.63) is 96.1 Å². The number of nitrogens with zero attached hydrogens (tertiary/aromatic N) is 3. The Hall–Kier alpha value is -3.58. The molecule has 34 heavy (non-hydrogen) atoms. The van der Waals surface area contributed by atoms with Gasteiger partial charge in [-0.3, -0.25) is 4.79 Å². The van der Waals surface area contributed by atoms with Crippen molar-refractivity contribution in [2.75, 3.05) is 7.11 Å². The van der Waals surface area contributed by atoms with Crippen LogP contribution in [0.1, 0.15) is 31.0 Å². The molecule has 4 aromatic rings. The molecule has 0 radical (unpaired) electrons. The highest BCUT2D eigenvalue weighted by Gasteiger charge is 2.24. The topological polar surface area (TPSA) is 69.0 Å². The molecule has 3 aromatic carbocycles. The molecule has 0 aliphatic carbocycles. The van der Waals surface area contributed by atoms with E-state index in [0.29, 0.717) is 11.7 Å². The van der Waals surface area contributed by atoms with Gasteiger partial charge in [0.15, 0.2) is 11.0 Å². The van der Waals surface area contributed by atoms with Crippen LogP contribution in [-0.2, 0) is 11.3 Å². The highest BCUT2D eigenvalue weighted by Crippen LogP contribution is 2.29. The number of hydrogen-bond donors (Lipinski definition) is 1. The number of carbonyl (C=O) groups is 1. The summed E-state index contributed by atoms with van der Waals surface area (Å²) in [4.78, 5) is 13.2. The van der Waals surface area contributed by atoms with E-state index in [0.717, 1.165) is 28.3 Å². The summed E-state index contributed by atoms with van der Waals surface area (Å²) in [5.74, 6) is 1.50. The first-order chi connectivity index (χ1) is 16.6. The van der Waals surface area contributed by atoms with Gasteiger partial charge in [0.05, 0.1) is 18.4 Å². The predicted molar refractivity (Wildman–Crippen MR) is 136 cm³/mol. The fraction of sp³-hybridized carbons (Fsp3) is 0.222. The predicted octanol–water partition coefficient (Wildman–Crippen LogP) is 5.36. The molecule has 1 heterocycles. The number of thioether (sulfide) groups is 1. The van der Waals surface area contributed by atoms with Gasteiger partial charge in [-0.15, -0.1) is 10.2 Å². The van der Waals surface area contributed by atoms with Crippen molar-refractivity contribution in [1.82, 2.24) is 20.1 Å². The zero-order chi connectivity index (χ0) is 23.9. The molecule has 1 atom stereocenters. The molecule has 1 amide bonds. The zero-order valence-electron chi connectivity index (χ0n) is 19.5. The fourth-order valence-corrected chi connectivity index (χ4v) is 4.66. The van der Waals surface area contributed by atoms with Gasteiger partial charge < -0.3 is 14.6 Å². The first kappa shape index (κ1) is 23.6. The van der Waals surface area contributed by atoms with Crippen LogP contribution in [-0.4, -0.2) is 33.0 Å². The Bertz CT molecular complexity index is 1170. The van der Waals surface area contributed by atoms with Gasteiger partial charge in [-0.25, -0.2) is 0 Å². The van der Waals surface area contributed by atoms with Gasteiger partial charge in [-0.05, 0) is 49.2 Å². The average Bonchev–Trinajstić information content (AvgIpc) is 3.30. The Morgan fingerprint density at radius 1 is 0.941 bits per heavy atom. The van der Waals surface area contributed by atoms with Crippen LogP contribution in [0.2, 0.25) is 0 Å². The fourth-order valence-electron chi connectivity index (χ4n) is 3.74. The van der Waals surface area contributed by atoms with Gasteiger partial charge >= 0.3 is 0 Å². The lowest BCUT2D eigenvalue weighted by Crippen LogP contribution is -2.35. The number of benzene rings is 3. The number of aromatic nitrogens is 3. The van der Waals surface area contributed by atoms with Crippen LogP contribution in [0.5, 0.6) is 5.75 Å². The lowest BCUT2D eigenvalue weighted by molar-refractivity contribution is -0.120. The van der Waals surface area contributed by atoms with E-state index in [9.17, 15) is 4.79 Å². The molecule has 1 unspecified atom stereocenters. The lowest BCUT2D eigenvalue weighted by Gasteiger charge is -2.22. The van der Waals surface area contributed by atoms with E-state index in [1.165, 1.54) is 11.8 Å². The first-order valence-electron chi connectivity index (χ1n) is 11.2. The molecule has 0 aliphatic rings. The van der Waals surface area contributed by atoms with Crippen LogP contribution in [0.4, 0.5) is 0 Å².